The summed E-state index contributed by atoms with van der Waals surface area (Å²) >= 11 is 3.48. The van der Waals surface area contributed by atoms with Crippen LogP contribution in [0.25, 0.3) is 0 Å². The number of carbonyl (C=O) groups is 1. The van der Waals surface area contributed by atoms with Gasteiger partial charge in [-0.3, -0.25) is 4.79 Å². The Bertz CT molecular complexity index is 654. The van der Waals surface area contributed by atoms with Crippen LogP contribution in [-0.4, -0.2) is 28.1 Å². The molecule has 1 amide bonds. The monoisotopic (exact) mass is 332 g/mol. The van der Waals surface area contributed by atoms with Crippen molar-refractivity contribution < 1.29 is 4.79 Å². The molecule has 0 spiro atoms. The van der Waals surface area contributed by atoms with Gasteiger partial charge in [0.15, 0.2) is 0 Å². The van der Waals surface area contributed by atoms with Gasteiger partial charge in [0.2, 0.25) is 5.91 Å². The van der Waals surface area contributed by atoms with Crippen molar-refractivity contribution in [2.45, 2.75) is 32.1 Å². The van der Waals surface area contributed by atoms with Gasteiger partial charge < -0.3 is 4.90 Å². The number of thiazole rings is 1. The van der Waals surface area contributed by atoms with Gasteiger partial charge in [0.1, 0.15) is 0 Å². The highest BCUT2D eigenvalue weighted by Crippen LogP contribution is 2.20. The lowest BCUT2D eigenvalue weighted by atomic mass is 10.00. The zero-order valence-electron chi connectivity index (χ0n) is 12.7. The number of fused-ring (bicyclic) bond motifs is 1. The number of hydrogen-bond donors (Lipinski definition) is 0. The average Bonchev–Trinajstić information content (AvgIpc) is 2.96. The molecule has 0 fully saturated rings. The number of amides is 1. The van der Waals surface area contributed by atoms with Crippen LogP contribution in [-0.2, 0) is 23.5 Å². The fraction of sp³-hybridized carbons (Fsp3) is 0.412. The Morgan fingerprint density at radius 2 is 2.18 bits per heavy atom. The number of hydrogen-bond acceptors (Lipinski definition) is 4. The standard InChI is InChI=1S/C17H20N2OS2/c1-13-18-16(12-22-13)11-21-9-7-17(20)19-8-6-14-4-2-3-5-15(14)10-19/h2-5,12H,6-11H2,1H3. The average molecular weight is 332 g/mol. The molecule has 22 heavy (non-hydrogen) atoms. The summed E-state index contributed by atoms with van der Waals surface area (Å²) in [5, 5.41) is 3.21. The van der Waals surface area contributed by atoms with Crippen LogP contribution in [0.1, 0.15) is 28.2 Å². The van der Waals surface area contributed by atoms with Crippen LogP contribution in [0, 0.1) is 6.92 Å². The van der Waals surface area contributed by atoms with Gasteiger partial charge in [0.25, 0.3) is 0 Å². The summed E-state index contributed by atoms with van der Waals surface area (Å²) in [6, 6.07) is 8.43. The van der Waals surface area contributed by atoms with Crippen LogP contribution in [0.15, 0.2) is 29.6 Å². The molecular weight excluding hydrogens is 312 g/mol. The lowest BCUT2D eigenvalue weighted by molar-refractivity contribution is -0.131. The van der Waals surface area contributed by atoms with Crippen molar-refractivity contribution >= 4 is 29.0 Å². The van der Waals surface area contributed by atoms with Gasteiger partial charge in [0, 0.05) is 36.4 Å². The van der Waals surface area contributed by atoms with Gasteiger partial charge >= 0.3 is 0 Å². The van der Waals surface area contributed by atoms with E-state index in [9.17, 15) is 4.79 Å². The van der Waals surface area contributed by atoms with E-state index in [0.717, 1.165) is 41.7 Å². The molecule has 0 aliphatic carbocycles. The number of nitrogens with zero attached hydrogens (tertiary/aromatic N) is 2. The highest BCUT2D eigenvalue weighted by molar-refractivity contribution is 7.98. The maximum Gasteiger partial charge on any atom is 0.223 e. The number of carbonyl (C=O) groups excluding carboxylic acids is 1. The molecule has 5 heteroatoms. The predicted molar refractivity (Wildman–Crippen MR) is 93.2 cm³/mol. The van der Waals surface area contributed by atoms with E-state index in [1.807, 2.05) is 11.8 Å². The minimum atomic E-state index is 0.275. The molecule has 0 unspecified atom stereocenters. The van der Waals surface area contributed by atoms with E-state index in [0.29, 0.717) is 6.42 Å². The van der Waals surface area contributed by atoms with E-state index in [4.69, 9.17) is 0 Å². The first-order chi connectivity index (χ1) is 10.7. The van der Waals surface area contributed by atoms with Crippen molar-refractivity contribution in [3.63, 3.8) is 0 Å². The summed E-state index contributed by atoms with van der Waals surface area (Å²) in [7, 11) is 0. The fourth-order valence-corrected chi connectivity index (χ4v) is 4.22. The summed E-state index contributed by atoms with van der Waals surface area (Å²) in [5.74, 6) is 2.05. The van der Waals surface area contributed by atoms with Crippen LogP contribution in [0.4, 0.5) is 0 Å². The van der Waals surface area contributed by atoms with Crippen molar-refractivity contribution in [3.05, 3.63) is 51.5 Å². The molecule has 2 heterocycles. The second-order valence-electron chi connectivity index (χ2n) is 5.49. The third kappa shape index (κ3) is 3.90. The summed E-state index contributed by atoms with van der Waals surface area (Å²) in [6.07, 6.45) is 1.60. The van der Waals surface area contributed by atoms with Gasteiger partial charge in [-0.25, -0.2) is 4.98 Å². The molecule has 0 N–H and O–H groups in total. The molecule has 116 valence electrons. The molecule has 1 aliphatic rings. The van der Waals surface area contributed by atoms with Gasteiger partial charge in [0.05, 0.1) is 10.7 Å². The van der Waals surface area contributed by atoms with Crippen molar-refractivity contribution in [2.75, 3.05) is 12.3 Å². The number of rotatable bonds is 5. The zero-order valence-corrected chi connectivity index (χ0v) is 14.4. The van der Waals surface area contributed by atoms with Crippen LogP contribution in [0.3, 0.4) is 0 Å². The predicted octanol–water partition coefficient (Wildman–Crippen LogP) is 3.66. The lowest BCUT2D eigenvalue weighted by Crippen LogP contribution is -2.36. The molecule has 0 saturated heterocycles. The van der Waals surface area contributed by atoms with Crippen molar-refractivity contribution in [3.8, 4) is 0 Å². The Balaban J connectivity index is 1.43. The second-order valence-corrected chi connectivity index (χ2v) is 7.66. The molecule has 0 radical (unpaired) electrons. The summed E-state index contributed by atoms with van der Waals surface area (Å²) in [5.41, 5.74) is 3.82. The third-order valence-electron chi connectivity index (χ3n) is 3.86. The van der Waals surface area contributed by atoms with E-state index in [2.05, 4.69) is 34.6 Å². The molecule has 3 nitrogen and oxygen atoms in total. The third-order valence-corrected chi connectivity index (χ3v) is 5.68. The number of aromatic nitrogens is 1. The van der Waals surface area contributed by atoms with Crippen LogP contribution in [0.2, 0.25) is 0 Å². The Hall–Kier alpha value is -1.33. The minimum Gasteiger partial charge on any atom is -0.338 e. The number of aryl methyl sites for hydroxylation is 1. The molecule has 3 rings (SSSR count). The first kappa shape index (κ1) is 15.6. The van der Waals surface area contributed by atoms with E-state index >= 15 is 0 Å². The number of benzene rings is 1. The highest BCUT2D eigenvalue weighted by Gasteiger charge is 2.19. The molecule has 1 aromatic heterocycles. The Morgan fingerprint density at radius 3 is 2.95 bits per heavy atom. The molecular formula is C17H20N2OS2. The largest absolute Gasteiger partial charge is 0.338 e. The first-order valence-corrected chi connectivity index (χ1v) is 9.59. The molecule has 1 aliphatic heterocycles. The molecule has 0 saturated carbocycles. The van der Waals surface area contributed by atoms with Crippen LogP contribution < -0.4 is 0 Å². The minimum absolute atomic E-state index is 0.275. The zero-order chi connectivity index (χ0) is 15.4. The van der Waals surface area contributed by atoms with Gasteiger partial charge in [-0.1, -0.05) is 24.3 Å². The quantitative estimate of drug-likeness (QED) is 0.784. The SMILES string of the molecule is Cc1nc(CSCCC(=O)N2CCc3ccccc3C2)cs1. The second kappa shape index (κ2) is 7.29. The smallest absolute Gasteiger partial charge is 0.223 e. The molecule has 1 aromatic carbocycles. The maximum atomic E-state index is 12.3. The molecule has 2 aromatic rings. The molecule has 0 atom stereocenters. The number of thioether (sulfide) groups is 1. The Labute approximate surface area is 139 Å². The van der Waals surface area contributed by atoms with Crippen molar-refractivity contribution in [2.24, 2.45) is 0 Å². The van der Waals surface area contributed by atoms with E-state index in [-0.39, 0.29) is 5.91 Å². The van der Waals surface area contributed by atoms with Gasteiger partial charge in [-0.05, 0) is 24.5 Å². The van der Waals surface area contributed by atoms with Crippen LogP contribution >= 0.6 is 23.1 Å². The van der Waals surface area contributed by atoms with E-state index in [1.54, 1.807) is 23.1 Å². The molecule has 0 bridgehead atoms. The van der Waals surface area contributed by atoms with Crippen LogP contribution in [0.5, 0.6) is 0 Å². The Kier molecular flexibility index (Phi) is 5.16. The van der Waals surface area contributed by atoms with E-state index < -0.39 is 0 Å². The Morgan fingerprint density at radius 1 is 1.36 bits per heavy atom. The van der Waals surface area contributed by atoms with Crippen molar-refractivity contribution in [1.82, 2.24) is 9.88 Å². The first-order valence-electron chi connectivity index (χ1n) is 7.55. The van der Waals surface area contributed by atoms with Crippen molar-refractivity contribution in [1.29, 1.82) is 0 Å². The highest BCUT2D eigenvalue weighted by atomic mass is 32.2. The topological polar surface area (TPSA) is 33.2 Å². The summed E-state index contributed by atoms with van der Waals surface area (Å²) < 4.78 is 0. The summed E-state index contributed by atoms with van der Waals surface area (Å²) in [4.78, 5) is 18.8. The van der Waals surface area contributed by atoms with Gasteiger partial charge in [-0.15, -0.1) is 11.3 Å². The lowest BCUT2D eigenvalue weighted by Gasteiger charge is -2.28. The normalized spacial score (nSPS) is 14.0. The summed E-state index contributed by atoms with van der Waals surface area (Å²) in [6.45, 7) is 3.65. The maximum absolute atomic E-state index is 12.3. The van der Waals surface area contributed by atoms with E-state index in [1.165, 1.54) is 11.1 Å². The fourth-order valence-electron chi connectivity index (χ4n) is 2.68. The van der Waals surface area contributed by atoms with Gasteiger partial charge in [-0.2, -0.15) is 11.8 Å².